The van der Waals surface area contributed by atoms with Crippen LogP contribution in [0.4, 0.5) is 5.69 Å². The Balaban J connectivity index is 1.85. The lowest BCUT2D eigenvalue weighted by atomic mass is 10.1. The first kappa shape index (κ1) is 18.8. The molecule has 1 N–H and O–H groups in total. The SMILES string of the molecule is CCCCOc1ccccc1NC(=O)CCc1ccc(OCC)cc1. The first-order valence-electron chi connectivity index (χ1n) is 8.96. The second kappa shape index (κ2) is 10.4. The van der Waals surface area contributed by atoms with E-state index in [2.05, 4.69) is 12.2 Å². The third-order valence-electron chi connectivity index (χ3n) is 3.79. The highest BCUT2D eigenvalue weighted by molar-refractivity contribution is 5.92. The molecule has 4 heteroatoms. The third-order valence-corrected chi connectivity index (χ3v) is 3.79. The van der Waals surface area contributed by atoms with Gasteiger partial charge in [0, 0.05) is 6.42 Å². The molecule has 0 bridgehead atoms. The summed E-state index contributed by atoms with van der Waals surface area (Å²) in [5.74, 6) is 1.57. The van der Waals surface area contributed by atoms with Crippen LogP contribution in [0.25, 0.3) is 0 Å². The van der Waals surface area contributed by atoms with Gasteiger partial charge in [-0.15, -0.1) is 0 Å². The molecule has 0 spiro atoms. The lowest BCUT2D eigenvalue weighted by molar-refractivity contribution is -0.116. The van der Waals surface area contributed by atoms with Gasteiger partial charge in [-0.05, 0) is 49.6 Å². The van der Waals surface area contributed by atoms with E-state index in [-0.39, 0.29) is 5.91 Å². The maximum atomic E-state index is 12.2. The van der Waals surface area contributed by atoms with Crippen molar-refractivity contribution < 1.29 is 14.3 Å². The van der Waals surface area contributed by atoms with Gasteiger partial charge in [-0.3, -0.25) is 4.79 Å². The Morgan fingerprint density at radius 2 is 1.76 bits per heavy atom. The van der Waals surface area contributed by atoms with Gasteiger partial charge in [0.2, 0.25) is 5.91 Å². The monoisotopic (exact) mass is 341 g/mol. The minimum absolute atomic E-state index is 0.0135. The van der Waals surface area contributed by atoms with E-state index in [0.29, 0.717) is 26.1 Å². The predicted molar refractivity (Wildman–Crippen MR) is 101 cm³/mol. The van der Waals surface area contributed by atoms with Crippen molar-refractivity contribution >= 4 is 11.6 Å². The van der Waals surface area contributed by atoms with Crippen molar-refractivity contribution in [3.8, 4) is 11.5 Å². The lowest BCUT2D eigenvalue weighted by Gasteiger charge is -2.12. The zero-order chi connectivity index (χ0) is 17.9. The second-order valence-electron chi connectivity index (χ2n) is 5.82. The van der Waals surface area contributed by atoms with Gasteiger partial charge in [0.15, 0.2) is 0 Å². The number of anilines is 1. The molecule has 0 radical (unpaired) electrons. The van der Waals surface area contributed by atoms with Gasteiger partial charge >= 0.3 is 0 Å². The summed E-state index contributed by atoms with van der Waals surface area (Å²) in [5, 5.41) is 2.95. The Morgan fingerprint density at radius 3 is 2.48 bits per heavy atom. The van der Waals surface area contributed by atoms with Crippen LogP contribution in [-0.2, 0) is 11.2 Å². The van der Waals surface area contributed by atoms with Crippen molar-refractivity contribution in [3.63, 3.8) is 0 Å². The van der Waals surface area contributed by atoms with Gasteiger partial charge in [0.05, 0.1) is 18.9 Å². The molecular formula is C21H27NO3. The summed E-state index contributed by atoms with van der Waals surface area (Å²) in [5.41, 5.74) is 1.85. The fourth-order valence-corrected chi connectivity index (χ4v) is 2.41. The highest BCUT2D eigenvalue weighted by Crippen LogP contribution is 2.24. The van der Waals surface area contributed by atoms with E-state index in [9.17, 15) is 4.79 Å². The molecule has 2 aromatic rings. The van der Waals surface area contributed by atoms with E-state index in [1.807, 2.05) is 55.5 Å². The van der Waals surface area contributed by atoms with Crippen LogP contribution in [0, 0.1) is 0 Å². The van der Waals surface area contributed by atoms with E-state index in [4.69, 9.17) is 9.47 Å². The predicted octanol–water partition coefficient (Wildman–Crippen LogP) is 4.84. The minimum atomic E-state index is -0.0135. The Bertz CT molecular complexity index is 652. The van der Waals surface area contributed by atoms with E-state index >= 15 is 0 Å². The molecule has 4 nitrogen and oxygen atoms in total. The highest BCUT2D eigenvalue weighted by atomic mass is 16.5. The Kier molecular flexibility index (Phi) is 7.83. The average molecular weight is 341 g/mol. The zero-order valence-electron chi connectivity index (χ0n) is 15.1. The highest BCUT2D eigenvalue weighted by Gasteiger charge is 2.08. The molecule has 0 heterocycles. The molecule has 0 saturated heterocycles. The number of carbonyl (C=O) groups excluding carboxylic acids is 1. The summed E-state index contributed by atoms with van der Waals surface area (Å²) >= 11 is 0. The number of carbonyl (C=O) groups is 1. The first-order valence-corrected chi connectivity index (χ1v) is 8.96. The van der Waals surface area contributed by atoms with E-state index in [1.165, 1.54) is 0 Å². The Hall–Kier alpha value is -2.49. The molecule has 0 unspecified atom stereocenters. The van der Waals surface area contributed by atoms with Crippen molar-refractivity contribution in [2.75, 3.05) is 18.5 Å². The van der Waals surface area contributed by atoms with Gasteiger partial charge in [0.1, 0.15) is 11.5 Å². The fourth-order valence-electron chi connectivity index (χ4n) is 2.41. The lowest BCUT2D eigenvalue weighted by Crippen LogP contribution is -2.13. The number of hydrogen-bond acceptors (Lipinski definition) is 3. The molecule has 25 heavy (non-hydrogen) atoms. The number of ether oxygens (including phenoxy) is 2. The molecule has 0 fully saturated rings. The summed E-state index contributed by atoms with van der Waals surface area (Å²) in [4.78, 5) is 12.2. The molecule has 0 aliphatic heterocycles. The van der Waals surface area contributed by atoms with Gasteiger partial charge in [-0.1, -0.05) is 37.6 Å². The zero-order valence-corrected chi connectivity index (χ0v) is 15.1. The van der Waals surface area contributed by atoms with E-state index in [1.54, 1.807) is 0 Å². The number of para-hydroxylation sites is 2. The van der Waals surface area contributed by atoms with Crippen molar-refractivity contribution in [3.05, 3.63) is 54.1 Å². The standard InChI is InChI=1S/C21H27NO3/c1-3-5-16-25-20-9-7-6-8-19(20)22-21(23)15-12-17-10-13-18(14-11-17)24-4-2/h6-11,13-14H,3-5,12,15-16H2,1-2H3,(H,22,23). The second-order valence-corrected chi connectivity index (χ2v) is 5.82. The molecule has 0 aliphatic rings. The number of hydrogen-bond donors (Lipinski definition) is 1. The Morgan fingerprint density at radius 1 is 1.00 bits per heavy atom. The third kappa shape index (κ3) is 6.49. The molecule has 0 saturated carbocycles. The topological polar surface area (TPSA) is 47.6 Å². The molecule has 2 rings (SSSR count). The average Bonchev–Trinajstić information content (AvgIpc) is 2.63. The van der Waals surface area contributed by atoms with Crippen LogP contribution in [-0.4, -0.2) is 19.1 Å². The van der Waals surface area contributed by atoms with Crippen LogP contribution in [0.15, 0.2) is 48.5 Å². The quantitative estimate of drug-likeness (QED) is 0.629. The van der Waals surface area contributed by atoms with Crippen LogP contribution in [0.2, 0.25) is 0 Å². The minimum Gasteiger partial charge on any atom is -0.494 e. The van der Waals surface area contributed by atoms with Crippen LogP contribution >= 0.6 is 0 Å². The van der Waals surface area contributed by atoms with Crippen molar-refractivity contribution in [2.24, 2.45) is 0 Å². The number of amides is 1. The summed E-state index contributed by atoms with van der Waals surface area (Å²) in [7, 11) is 0. The summed E-state index contributed by atoms with van der Waals surface area (Å²) in [6.45, 7) is 5.40. The maximum Gasteiger partial charge on any atom is 0.224 e. The fraction of sp³-hybridized carbons (Fsp3) is 0.381. The summed E-state index contributed by atoms with van der Waals surface area (Å²) in [6.07, 6.45) is 3.20. The van der Waals surface area contributed by atoms with Crippen molar-refractivity contribution in [2.45, 2.75) is 39.5 Å². The van der Waals surface area contributed by atoms with Gasteiger partial charge in [-0.25, -0.2) is 0 Å². The molecule has 0 atom stereocenters. The maximum absolute atomic E-state index is 12.2. The number of benzene rings is 2. The van der Waals surface area contributed by atoms with Crippen molar-refractivity contribution in [1.29, 1.82) is 0 Å². The molecule has 0 aliphatic carbocycles. The molecule has 2 aromatic carbocycles. The molecular weight excluding hydrogens is 314 g/mol. The summed E-state index contributed by atoms with van der Waals surface area (Å²) < 4.78 is 11.2. The van der Waals surface area contributed by atoms with Gasteiger partial charge < -0.3 is 14.8 Å². The van der Waals surface area contributed by atoms with Crippen molar-refractivity contribution in [1.82, 2.24) is 0 Å². The van der Waals surface area contributed by atoms with Gasteiger partial charge in [-0.2, -0.15) is 0 Å². The van der Waals surface area contributed by atoms with Crippen LogP contribution < -0.4 is 14.8 Å². The smallest absolute Gasteiger partial charge is 0.224 e. The molecule has 1 amide bonds. The largest absolute Gasteiger partial charge is 0.494 e. The number of aryl methyl sites for hydroxylation is 1. The normalized spacial score (nSPS) is 10.3. The Labute approximate surface area is 150 Å². The van der Waals surface area contributed by atoms with Gasteiger partial charge in [0.25, 0.3) is 0 Å². The number of nitrogens with one attached hydrogen (secondary N) is 1. The molecule has 0 aromatic heterocycles. The van der Waals surface area contributed by atoms with E-state index in [0.717, 1.165) is 35.6 Å². The first-order chi connectivity index (χ1) is 12.2. The number of rotatable bonds is 10. The number of unbranched alkanes of at least 4 members (excludes halogenated alkanes) is 1. The van der Waals surface area contributed by atoms with E-state index < -0.39 is 0 Å². The van der Waals surface area contributed by atoms with Crippen LogP contribution in [0.1, 0.15) is 38.7 Å². The molecule has 134 valence electrons. The van der Waals surface area contributed by atoms with Crippen LogP contribution in [0.5, 0.6) is 11.5 Å². The summed E-state index contributed by atoms with van der Waals surface area (Å²) in [6, 6.07) is 15.4. The van der Waals surface area contributed by atoms with Crippen LogP contribution in [0.3, 0.4) is 0 Å².